The lowest BCUT2D eigenvalue weighted by Gasteiger charge is -2.22. The summed E-state index contributed by atoms with van der Waals surface area (Å²) in [7, 11) is 0. The highest BCUT2D eigenvalue weighted by Gasteiger charge is 2.20. The molecule has 3 heterocycles. The van der Waals surface area contributed by atoms with Crippen LogP contribution in [0, 0.1) is 27.7 Å². The number of hydrogen-bond donors (Lipinski definition) is 0. The number of aromatic nitrogens is 3. The van der Waals surface area contributed by atoms with E-state index in [2.05, 4.69) is 135 Å². The van der Waals surface area contributed by atoms with Gasteiger partial charge in [-0.05, 0) is 106 Å². The molecular formula is C35H39N3O. The van der Waals surface area contributed by atoms with Crippen LogP contribution in [0.1, 0.15) is 65.1 Å². The average molecular weight is 518 g/mol. The third-order valence-corrected chi connectivity index (χ3v) is 7.56. The molecule has 5 rings (SSSR count). The van der Waals surface area contributed by atoms with Crippen molar-refractivity contribution < 1.29 is 4.74 Å². The highest BCUT2D eigenvalue weighted by molar-refractivity contribution is 5.47. The number of pyridine rings is 1. The Kier molecular flexibility index (Phi) is 8.02. The van der Waals surface area contributed by atoms with Gasteiger partial charge in [0.15, 0.2) is 0 Å². The molecule has 0 bridgehead atoms. The van der Waals surface area contributed by atoms with Crippen LogP contribution in [0.3, 0.4) is 0 Å². The molecule has 0 fully saturated rings. The highest BCUT2D eigenvalue weighted by Crippen LogP contribution is 2.32. The molecule has 0 aliphatic rings. The number of rotatable bonds is 10. The SMILES string of the molecule is CCCCOc1ccc(CC(c2ccccc2)c2cc(-n3c(C)ccc3C)nc(-n3c(C)ccc3C)c2)cc1. The molecule has 0 saturated carbocycles. The molecule has 3 aromatic heterocycles. The molecule has 39 heavy (non-hydrogen) atoms. The van der Waals surface area contributed by atoms with Crippen LogP contribution in [-0.4, -0.2) is 20.7 Å². The molecule has 0 radical (unpaired) electrons. The van der Waals surface area contributed by atoms with Gasteiger partial charge in [-0.15, -0.1) is 0 Å². The van der Waals surface area contributed by atoms with Crippen LogP contribution in [-0.2, 0) is 6.42 Å². The lowest BCUT2D eigenvalue weighted by Crippen LogP contribution is -2.12. The van der Waals surface area contributed by atoms with Crippen molar-refractivity contribution in [2.24, 2.45) is 0 Å². The molecule has 0 spiro atoms. The molecule has 200 valence electrons. The van der Waals surface area contributed by atoms with Gasteiger partial charge in [0.1, 0.15) is 17.4 Å². The minimum Gasteiger partial charge on any atom is -0.494 e. The van der Waals surface area contributed by atoms with E-state index in [0.717, 1.165) is 43.3 Å². The van der Waals surface area contributed by atoms with Gasteiger partial charge >= 0.3 is 0 Å². The van der Waals surface area contributed by atoms with Gasteiger partial charge in [-0.3, -0.25) is 0 Å². The van der Waals surface area contributed by atoms with E-state index >= 15 is 0 Å². The zero-order valence-electron chi connectivity index (χ0n) is 23.8. The van der Waals surface area contributed by atoms with Crippen molar-refractivity contribution in [1.29, 1.82) is 0 Å². The summed E-state index contributed by atoms with van der Waals surface area (Å²) in [6.07, 6.45) is 3.09. The van der Waals surface area contributed by atoms with E-state index in [1.54, 1.807) is 0 Å². The zero-order valence-corrected chi connectivity index (χ0v) is 23.8. The largest absolute Gasteiger partial charge is 0.494 e. The number of hydrogen-bond acceptors (Lipinski definition) is 2. The average Bonchev–Trinajstić information content (AvgIpc) is 3.47. The second kappa shape index (κ2) is 11.8. The van der Waals surface area contributed by atoms with E-state index in [1.807, 2.05) is 0 Å². The predicted molar refractivity (Wildman–Crippen MR) is 161 cm³/mol. The topological polar surface area (TPSA) is 32.0 Å². The van der Waals surface area contributed by atoms with E-state index in [-0.39, 0.29) is 5.92 Å². The molecular weight excluding hydrogens is 478 g/mol. The fraction of sp³-hybridized carbons (Fsp3) is 0.286. The first-order valence-electron chi connectivity index (χ1n) is 14.0. The Morgan fingerprint density at radius 2 is 1.21 bits per heavy atom. The second-order valence-electron chi connectivity index (χ2n) is 10.5. The Morgan fingerprint density at radius 3 is 1.72 bits per heavy atom. The Balaban J connectivity index is 1.61. The van der Waals surface area contributed by atoms with E-state index in [1.165, 1.54) is 39.5 Å². The van der Waals surface area contributed by atoms with Crippen molar-refractivity contribution >= 4 is 0 Å². The summed E-state index contributed by atoms with van der Waals surface area (Å²) < 4.78 is 10.4. The summed E-state index contributed by atoms with van der Waals surface area (Å²) in [6, 6.07) is 32.7. The molecule has 4 nitrogen and oxygen atoms in total. The van der Waals surface area contributed by atoms with E-state index < -0.39 is 0 Å². The number of unbranched alkanes of at least 4 members (excludes halogenated alkanes) is 1. The van der Waals surface area contributed by atoms with Gasteiger partial charge in [0.25, 0.3) is 0 Å². The number of benzene rings is 2. The molecule has 0 aliphatic carbocycles. The van der Waals surface area contributed by atoms with Gasteiger partial charge in [0, 0.05) is 28.7 Å². The van der Waals surface area contributed by atoms with Gasteiger partial charge in [-0.25, -0.2) is 4.98 Å². The molecule has 0 amide bonds. The Morgan fingerprint density at radius 1 is 0.667 bits per heavy atom. The molecule has 4 heteroatoms. The van der Waals surface area contributed by atoms with Crippen LogP contribution in [0.4, 0.5) is 0 Å². The maximum Gasteiger partial charge on any atom is 0.139 e. The van der Waals surface area contributed by atoms with E-state index in [4.69, 9.17) is 9.72 Å². The minimum absolute atomic E-state index is 0.172. The van der Waals surface area contributed by atoms with Gasteiger partial charge in [0.05, 0.1) is 6.61 Å². The third kappa shape index (κ3) is 5.85. The number of nitrogens with zero attached hydrogens (tertiary/aromatic N) is 3. The summed E-state index contributed by atoms with van der Waals surface area (Å²) in [5.41, 5.74) is 8.55. The summed E-state index contributed by atoms with van der Waals surface area (Å²) in [5.74, 6) is 3.02. The van der Waals surface area contributed by atoms with Crippen molar-refractivity contribution in [3.8, 4) is 17.4 Å². The molecule has 1 atom stereocenters. The normalized spacial score (nSPS) is 12.0. The minimum atomic E-state index is 0.172. The van der Waals surface area contributed by atoms with Crippen molar-refractivity contribution in [3.63, 3.8) is 0 Å². The summed E-state index contributed by atoms with van der Waals surface area (Å²) in [6.45, 7) is 11.5. The fourth-order valence-electron chi connectivity index (χ4n) is 5.42. The Labute approximate surface area is 232 Å². The maximum absolute atomic E-state index is 5.92. The van der Waals surface area contributed by atoms with Crippen molar-refractivity contribution in [2.45, 2.75) is 59.8 Å². The lowest BCUT2D eigenvalue weighted by atomic mass is 9.86. The van der Waals surface area contributed by atoms with Crippen molar-refractivity contribution in [3.05, 3.63) is 130 Å². The molecule has 2 aromatic carbocycles. The summed E-state index contributed by atoms with van der Waals surface area (Å²) in [5, 5.41) is 0. The smallest absolute Gasteiger partial charge is 0.139 e. The number of aryl methyl sites for hydroxylation is 4. The van der Waals surface area contributed by atoms with Crippen LogP contribution >= 0.6 is 0 Å². The van der Waals surface area contributed by atoms with Crippen LogP contribution in [0.15, 0.2) is 91.0 Å². The van der Waals surface area contributed by atoms with Crippen LogP contribution < -0.4 is 4.74 Å². The zero-order chi connectivity index (χ0) is 27.4. The van der Waals surface area contributed by atoms with Crippen molar-refractivity contribution in [2.75, 3.05) is 6.61 Å². The van der Waals surface area contributed by atoms with E-state index in [9.17, 15) is 0 Å². The molecule has 0 aliphatic heterocycles. The van der Waals surface area contributed by atoms with Gasteiger partial charge in [-0.1, -0.05) is 55.8 Å². The predicted octanol–water partition coefficient (Wildman–Crippen LogP) is 8.45. The summed E-state index contributed by atoms with van der Waals surface area (Å²) >= 11 is 0. The fourth-order valence-corrected chi connectivity index (χ4v) is 5.42. The molecule has 1 unspecified atom stereocenters. The third-order valence-electron chi connectivity index (χ3n) is 7.56. The van der Waals surface area contributed by atoms with Crippen LogP contribution in [0.25, 0.3) is 11.6 Å². The first-order chi connectivity index (χ1) is 18.9. The first-order valence-corrected chi connectivity index (χ1v) is 14.0. The van der Waals surface area contributed by atoms with E-state index in [0.29, 0.717) is 0 Å². The van der Waals surface area contributed by atoms with Crippen LogP contribution in [0.5, 0.6) is 5.75 Å². The maximum atomic E-state index is 5.92. The molecule has 0 saturated heterocycles. The van der Waals surface area contributed by atoms with Crippen molar-refractivity contribution in [1.82, 2.24) is 14.1 Å². The summed E-state index contributed by atoms with van der Waals surface area (Å²) in [4.78, 5) is 5.20. The number of ether oxygens (including phenoxy) is 1. The Hall–Kier alpha value is -4.05. The Bertz CT molecular complexity index is 1420. The van der Waals surface area contributed by atoms with Gasteiger partial charge in [0.2, 0.25) is 0 Å². The highest BCUT2D eigenvalue weighted by atomic mass is 16.5. The monoisotopic (exact) mass is 517 g/mol. The lowest BCUT2D eigenvalue weighted by molar-refractivity contribution is 0.309. The first kappa shape index (κ1) is 26.6. The second-order valence-corrected chi connectivity index (χ2v) is 10.5. The van der Waals surface area contributed by atoms with Crippen LogP contribution in [0.2, 0.25) is 0 Å². The molecule has 0 N–H and O–H groups in total. The molecule has 5 aromatic rings. The standard InChI is InChI=1S/C35H39N3O/c1-6-7-21-39-32-19-17-29(18-20-32)22-33(30-11-9-8-10-12-30)31-23-34(37-25(2)13-14-26(37)3)36-35(24-31)38-27(4)15-16-28(38)5/h8-20,23-24,33H,6-7,21-22H2,1-5H3. The van der Waals surface area contributed by atoms with Gasteiger partial charge < -0.3 is 13.9 Å². The quantitative estimate of drug-likeness (QED) is 0.174. The van der Waals surface area contributed by atoms with Gasteiger partial charge in [-0.2, -0.15) is 0 Å².